The molecule has 0 saturated carbocycles. The van der Waals surface area contributed by atoms with Gasteiger partial charge in [-0.2, -0.15) is 0 Å². The predicted octanol–water partition coefficient (Wildman–Crippen LogP) is 2.01. The predicted molar refractivity (Wildman–Crippen MR) is 70.2 cm³/mol. The van der Waals surface area contributed by atoms with Gasteiger partial charge in [0.15, 0.2) is 5.78 Å². The van der Waals surface area contributed by atoms with E-state index in [-0.39, 0.29) is 22.8 Å². The molecule has 1 heterocycles. The molecule has 2 aromatic rings. The lowest BCUT2D eigenvalue weighted by molar-refractivity contribution is 0.0938. The molecule has 2 rings (SSSR count). The Bertz CT molecular complexity index is 621. The Morgan fingerprint density at radius 1 is 1.17 bits per heavy atom. The minimum Gasteiger partial charge on any atom is -0.294 e. The molecule has 94 valence electrons. The van der Waals surface area contributed by atoms with E-state index in [4.69, 9.17) is 0 Å². The summed E-state index contributed by atoms with van der Waals surface area (Å²) in [6.07, 6.45) is 1.59. The highest BCUT2D eigenvalue weighted by Gasteiger charge is 2.19. The first-order chi connectivity index (χ1) is 8.52. The van der Waals surface area contributed by atoms with E-state index in [1.165, 1.54) is 4.68 Å². The highest BCUT2D eigenvalue weighted by atomic mass is 16.2. The number of nitrogens with zero attached hydrogens (tertiary/aromatic N) is 2. The molecule has 0 aliphatic heterocycles. The minimum atomic E-state index is -0.262. The minimum absolute atomic E-state index is 0.120. The van der Waals surface area contributed by atoms with Crippen LogP contribution in [0, 0.1) is 5.92 Å². The van der Waals surface area contributed by atoms with E-state index < -0.39 is 0 Å². The highest BCUT2D eigenvalue weighted by Crippen LogP contribution is 2.08. The zero-order chi connectivity index (χ0) is 13.3. The first-order valence-electron chi connectivity index (χ1n) is 5.90. The average molecular weight is 244 g/mol. The Hall–Kier alpha value is -2.10. The Morgan fingerprint density at radius 3 is 2.33 bits per heavy atom. The Balaban J connectivity index is 2.59. The summed E-state index contributed by atoms with van der Waals surface area (Å²) in [5.74, 6) is -0.297. The molecule has 0 amide bonds. The number of Topliss-reactive ketones (excluding diaryl/α,β-unsaturated/α-hetero) is 1. The molecule has 0 bridgehead atoms. The third-order valence-corrected chi connectivity index (χ3v) is 2.84. The number of carbonyl (C=O) groups excluding carboxylic acids is 1. The molecule has 0 aliphatic rings. The molecule has 1 aromatic heterocycles. The van der Waals surface area contributed by atoms with Crippen LogP contribution in [-0.2, 0) is 7.05 Å². The van der Waals surface area contributed by atoms with Crippen molar-refractivity contribution in [3.05, 3.63) is 52.4 Å². The summed E-state index contributed by atoms with van der Waals surface area (Å²) in [7, 11) is 1.76. The molecule has 4 heteroatoms. The lowest BCUT2D eigenvalue weighted by Gasteiger charge is -2.05. The van der Waals surface area contributed by atoms with Gasteiger partial charge in [0.25, 0.3) is 5.56 Å². The second kappa shape index (κ2) is 4.64. The van der Waals surface area contributed by atoms with Crippen LogP contribution >= 0.6 is 0 Å². The molecule has 1 aromatic carbocycles. The first kappa shape index (κ1) is 12.4. The fourth-order valence-electron chi connectivity index (χ4n) is 1.91. The molecule has 0 atom stereocenters. The third-order valence-electron chi connectivity index (χ3n) is 2.84. The number of hydrogen-bond donors (Lipinski definition) is 0. The highest BCUT2D eigenvalue weighted by molar-refractivity contribution is 5.97. The topological polar surface area (TPSA) is 44.0 Å². The lowest BCUT2D eigenvalue weighted by atomic mass is 10.0. The maximum absolute atomic E-state index is 12.3. The van der Waals surface area contributed by atoms with Crippen molar-refractivity contribution >= 4 is 5.78 Å². The first-order valence-corrected chi connectivity index (χ1v) is 5.90. The van der Waals surface area contributed by atoms with E-state index in [1.54, 1.807) is 31.8 Å². The fraction of sp³-hybridized carbons (Fsp3) is 0.286. The van der Waals surface area contributed by atoms with E-state index in [2.05, 4.69) is 0 Å². The Labute approximate surface area is 105 Å². The van der Waals surface area contributed by atoms with Crippen molar-refractivity contribution in [2.75, 3.05) is 0 Å². The van der Waals surface area contributed by atoms with Crippen molar-refractivity contribution in [2.45, 2.75) is 13.8 Å². The summed E-state index contributed by atoms with van der Waals surface area (Å²) in [4.78, 5) is 24.2. The van der Waals surface area contributed by atoms with Gasteiger partial charge in [0.2, 0.25) is 0 Å². The summed E-state index contributed by atoms with van der Waals surface area (Å²) >= 11 is 0. The van der Waals surface area contributed by atoms with Crippen molar-refractivity contribution in [1.82, 2.24) is 9.36 Å². The van der Waals surface area contributed by atoms with E-state index in [1.807, 2.05) is 30.3 Å². The van der Waals surface area contributed by atoms with Crippen molar-refractivity contribution in [3.8, 4) is 5.69 Å². The van der Waals surface area contributed by atoms with Crippen LogP contribution in [0.25, 0.3) is 5.69 Å². The molecule has 0 radical (unpaired) electrons. The van der Waals surface area contributed by atoms with Crippen molar-refractivity contribution < 1.29 is 4.79 Å². The van der Waals surface area contributed by atoms with Crippen LogP contribution in [0.15, 0.2) is 41.3 Å². The van der Waals surface area contributed by atoms with Gasteiger partial charge in [-0.05, 0) is 12.1 Å². The molecular weight excluding hydrogens is 228 g/mol. The number of carbonyl (C=O) groups is 1. The van der Waals surface area contributed by atoms with Crippen LogP contribution in [-0.4, -0.2) is 15.1 Å². The van der Waals surface area contributed by atoms with Crippen LogP contribution in [0.3, 0.4) is 0 Å². The van der Waals surface area contributed by atoms with Gasteiger partial charge in [-0.1, -0.05) is 32.0 Å². The molecule has 0 saturated heterocycles. The van der Waals surface area contributed by atoms with Crippen LogP contribution < -0.4 is 5.56 Å². The summed E-state index contributed by atoms with van der Waals surface area (Å²) < 4.78 is 3.14. The maximum atomic E-state index is 12.3. The van der Waals surface area contributed by atoms with Crippen LogP contribution in [0.4, 0.5) is 0 Å². The van der Waals surface area contributed by atoms with E-state index in [0.717, 1.165) is 5.69 Å². The van der Waals surface area contributed by atoms with Gasteiger partial charge < -0.3 is 0 Å². The normalized spacial score (nSPS) is 10.9. The number of aromatic nitrogens is 2. The number of ketones is 1. The third kappa shape index (κ3) is 2.01. The van der Waals surface area contributed by atoms with Gasteiger partial charge in [0, 0.05) is 19.2 Å². The molecular formula is C14H16N2O2. The summed E-state index contributed by atoms with van der Waals surface area (Å²) in [6, 6.07) is 9.28. The van der Waals surface area contributed by atoms with Gasteiger partial charge in [-0.3, -0.25) is 14.3 Å². The molecule has 0 unspecified atom stereocenters. The number of hydrogen-bond acceptors (Lipinski definition) is 2. The molecule has 0 fully saturated rings. The average Bonchev–Trinajstić information content (AvgIpc) is 2.65. The Kier molecular flexibility index (Phi) is 3.19. The van der Waals surface area contributed by atoms with E-state index in [9.17, 15) is 9.59 Å². The largest absolute Gasteiger partial charge is 0.294 e. The number of rotatable bonds is 3. The summed E-state index contributed by atoms with van der Waals surface area (Å²) in [6.45, 7) is 3.59. The van der Waals surface area contributed by atoms with Crippen molar-refractivity contribution in [3.63, 3.8) is 0 Å². The number of para-hydroxylation sites is 1. The SMILES string of the molecule is CC(C)C(=O)c1cn(C)n(-c2ccccc2)c1=O. The Morgan fingerprint density at radius 2 is 1.78 bits per heavy atom. The van der Waals surface area contributed by atoms with Crippen molar-refractivity contribution in [1.29, 1.82) is 0 Å². The maximum Gasteiger partial charge on any atom is 0.282 e. The van der Waals surface area contributed by atoms with Gasteiger partial charge in [-0.15, -0.1) is 0 Å². The second-order valence-electron chi connectivity index (χ2n) is 4.59. The zero-order valence-electron chi connectivity index (χ0n) is 10.8. The van der Waals surface area contributed by atoms with Gasteiger partial charge >= 0.3 is 0 Å². The molecule has 0 spiro atoms. The zero-order valence-corrected chi connectivity index (χ0v) is 10.8. The van der Waals surface area contributed by atoms with E-state index in [0.29, 0.717) is 0 Å². The van der Waals surface area contributed by atoms with Gasteiger partial charge in [-0.25, -0.2) is 4.68 Å². The van der Waals surface area contributed by atoms with Crippen molar-refractivity contribution in [2.24, 2.45) is 13.0 Å². The smallest absolute Gasteiger partial charge is 0.282 e. The molecule has 0 N–H and O–H groups in total. The molecule has 4 nitrogen and oxygen atoms in total. The summed E-state index contributed by atoms with van der Waals surface area (Å²) in [5.41, 5.74) is 0.742. The van der Waals surface area contributed by atoms with Crippen LogP contribution in [0.2, 0.25) is 0 Å². The number of benzene rings is 1. The second-order valence-corrected chi connectivity index (χ2v) is 4.59. The molecule has 0 aliphatic carbocycles. The number of aryl methyl sites for hydroxylation is 1. The fourth-order valence-corrected chi connectivity index (χ4v) is 1.91. The lowest BCUT2D eigenvalue weighted by Crippen LogP contribution is -2.24. The quantitative estimate of drug-likeness (QED) is 0.775. The van der Waals surface area contributed by atoms with Gasteiger partial charge in [0.1, 0.15) is 5.56 Å². The molecule has 18 heavy (non-hydrogen) atoms. The standard InChI is InChI=1S/C14H16N2O2/c1-10(2)13(17)12-9-15(3)16(14(12)18)11-7-5-4-6-8-11/h4-10H,1-3H3. The monoisotopic (exact) mass is 244 g/mol. The van der Waals surface area contributed by atoms with Crippen LogP contribution in [0.1, 0.15) is 24.2 Å². The van der Waals surface area contributed by atoms with Crippen LogP contribution in [0.5, 0.6) is 0 Å². The van der Waals surface area contributed by atoms with Gasteiger partial charge in [0.05, 0.1) is 5.69 Å². The summed E-state index contributed by atoms with van der Waals surface area (Å²) in [5, 5.41) is 0. The van der Waals surface area contributed by atoms with E-state index >= 15 is 0 Å².